The van der Waals surface area contributed by atoms with Gasteiger partial charge >= 0.3 is 0 Å². The average molecular weight is 318 g/mol. The predicted octanol–water partition coefficient (Wildman–Crippen LogP) is 3.65. The van der Waals surface area contributed by atoms with Gasteiger partial charge in [-0.1, -0.05) is 35.8 Å². The van der Waals surface area contributed by atoms with Crippen molar-refractivity contribution in [3.05, 3.63) is 34.1 Å². The third kappa shape index (κ3) is 4.67. The minimum absolute atomic E-state index is 0.0656. The van der Waals surface area contributed by atoms with Crippen LogP contribution in [0.1, 0.15) is 38.8 Å². The summed E-state index contributed by atoms with van der Waals surface area (Å²) in [4.78, 5) is 0. The van der Waals surface area contributed by atoms with Crippen LogP contribution in [0.2, 0.25) is 0 Å². The third-order valence-electron chi connectivity index (χ3n) is 2.89. The summed E-state index contributed by atoms with van der Waals surface area (Å²) in [6.07, 6.45) is 0.916. The maximum Gasteiger partial charge on any atom is 0.124 e. The van der Waals surface area contributed by atoms with Crippen molar-refractivity contribution in [3.8, 4) is 0 Å². The van der Waals surface area contributed by atoms with Gasteiger partial charge in [-0.3, -0.25) is 0 Å². The third-order valence-corrected chi connectivity index (χ3v) is 3.58. The first-order valence-corrected chi connectivity index (χ1v) is 7.05. The fourth-order valence-electron chi connectivity index (χ4n) is 2.06. The van der Waals surface area contributed by atoms with Gasteiger partial charge in [0.05, 0.1) is 6.61 Å². The summed E-state index contributed by atoms with van der Waals surface area (Å²) in [5.74, 6) is 0.275. The first-order valence-electron chi connectivity index (χ1n) is 6.26. The molecular weight excluding hydrogens is 297 g/mol. The molecule has 0 saturated heterocycles. The summed E-state index contributed by atoms with van der Waals surface area (Å²) in [6.45, 7) is 6.38. The Kier molecular flexibility index (Phi) is 6.26. The average Bonchev–Trinajstić information content (AvgIpc) is 2.27. The number of aliphatic hydroxyl groups excluding tert-OH is 1. The van der Waals surface area contributed by atoms with E-state index in [1.165, 1.54) is 12.1 Å². The van der Waals surface area contributed by atoms with E-state index in [0.717, 1.165) is 16.5 Å². The normalized spacial score (nSPS) is 14.8. The molecule has 0 fully saturated rings. The molecule has 0 spiro atoms. The van der Waals surface area contributed by atoms with Crippen molar-refractivity contribution < 1.29 is 9.50 Å². The minimum atomic E-state index is -0.251. The number of benzene rings is 1. The molecule has 2 nitrogen and oxygen atoms in total. The first-order chi connectivity index (χ1) is 8.43. The molecule has 2 unspecified atom stereocenters. The van der Waals surface area contributed by atoms with Crippen molar-refractivity contribution in [2.24, 2.45) is 5.92 Å². The summed E-state index contributed by atoms with van der Waals surface area (Å²) < 4.78 is 13.8. The van der Waals surface area contributed by atoms with Gasteiger partial charge in [-0.2, -0.15) is 0 Å². The zero-order valence-corrected chi connectivity index (χ0v) is 12.7. The Morgan fingerprint density at radius 1 is 1.33 bits per heavy atom. The van der Waals surface area contributed by atoms with E-state index < -0.39 is 0 Å². The Morgan fingerprint density at radius 3 is 2.50 bits per heavy atom. The standard InChI is InChI=1S/C14H21BrFNO/c1-9(2)6-12(8-18)17-10(3)13-5-4-11(16)7-14(13)15/h4-5,7,9-10,12,17-18H,6,8H2,1-3H3. The molecule has 0 aliphatic rings. The van der Waals surface area contributed by atoms with E-state index in [4.69, 9.17) is 0 Å². The van der Waals surface area contributed by atoms with Crippen molar-refractivity contribution in [2.45, 2.75) is 39.3 Å². The van der Waals surface area contributed by atoms with E-state index in [0.29, 0.717) is 5.92 Å². The maximum absolute atomic E-state index is 13.0. The minimum Gasteiger partial charge on any atom is -0.395 e. The van der Waals surface area contributed by atoms with Gasteiger partial charge < -0.3 is 10.4 Å². The molecule has 0 heterocycles. The largest absolute Gasteiger partial charge is 0.395 e. The van der Waals surface area contributed by atoms with Crippen LogP contribution in [-0.2, 0) is 0 Å². The lowest BCUT2D eigenvalue weighted by molar-refractivity contribution is 0.215. The summed E-state index contributed by atoms with van der Waals surface area (Å²) >= 11 is 3.37. The molecule has 18 heavy (non-hydrogen) atoms. The fraction of sp³-hybridized carbons (Fsp3) is 0.571. The lowest BCUT2D eigenvalue weighted by Crippen LogP contribution is -2.35. The number of aliphatic hydroxyl groups is 1. The Hall–Kier alpha value is -0.450. The molecule has 0 aliphatic heterocycles. The van der Waals surface area contributed by atoms with Gasteiger partial charge in [0.25, 0.3) is 0 Å². The molecule has 0 aromatic heterocycles. The highest BCUT2D eigenvalue weighted by atomic mass is 79.9. The van der Waals surface area contributed by atoms with Crippen molar-refractivity contribution >= 4 is 15.9 Å². The van der Waals surface area contributed by atoms with E-state index in [1.807, 2.05) is 6.92 Å². The van der Waals surface area contributed by atoms with Gasteiger partial charge in [0, 0.05) is 16.6 Å². The summed E-state index contributed by atoms with van der Waals surface area (Å²) in [5.41, 5.74) is 0.999. The Labute approximate surface area is 117 Å². The molecule has 1 aromatic rings. The number of nitrogens with one attached hydrogen (secondary N) is 1. The topological polar surface area (TPSA) is 32.3 Å². The van der Waals surface area contributed by atoms with Crippen molar-refractivity contribution in [3.63, 3.8) is 0 Å². The van der Waals surface area contributed by atoms with Gasteiger partial charge in [-0.15, -0.1) is 0 Å². The highest BCUT2D eigenvalue weighted by Crippen LogP contribution is 2.25. The van der Waals surface area contributed by atoms with Crippen LogP contribution in [0.3, 0.4) is 0 Å². The molecule has 1 aromatic carbocycles. The Bertz CT molecular complexity index is 384. The SMILES string of the molecule is CC(C)CC(CO)NC(C)c1ccc(F)cc1Br. The Morgan fingerprint density at radius 2 is 2.00 bits per heavy atom. The maximum atomic E-state index is 13.0. The Balaban J connectivity index is 2.71. The monoisotopic (exact) mass is 317 g/mol. The van der Waals surface area contributed by atoms with Crippen LogP contribution >= 0.6 is 15.9 Å². The molecular formula is C14H21BrFNO. The molecule has 0 saturated carbocycles. The number of hydrogen-bond donors (Lipinski definition) is 2. The van der Waals surface area contributed by atoms with Crippen LogP contribution in [-0.4, -0.2) is 17.8 Å². The first kappa shape index (κ1) is 15.6. The van der Waals surface area contributed by atoms with Gasteiger partial charge in [0.1, 0.15) is 5.82 Å². The second-order valence-corrected chi connectivity index (χ2v) is 5.92. The van der Waals surface area contributed by atoms with Crippen LogP contribution in [0.25, 0.3) is 0 Å². The lowest BCUT2D eigenvalue weighted by atomic mass is 10.0. The van der Waals surface area contributed by atoms with Crippen LogP contribution in [0.15, 0.2) is 22.7 Å². The zero-order valence-electron chi connectivity index (χ0n) is 11.1. The van der Waals surface area contributed by atoms with Crippen LogP contribution in [0.4, 0.5) is 4.39 Å². The molecule has 0 amide bonds. The van der Waals surface area contributed by atoms with E-state index in [2.05, 4.69) is 35.1 Å². The predicted molar refractivity (Wildman–Crippen MR) is 76.0 cm³/mol. The molecule has 0 bridgehead atoms. The van der Waals surface area contributed by atoms with Crippen LogP contribution in [0, 0.1) is 11.7 Å². The summed E-state index contributed by atoms with van der Waals surface area (Å²) in [6, 6.07) is 4.81. The fourth-order valence-corrected chi connectivity index (χ4v) is 2.75. The molecule has 1 rings (SSSR count). The van der Waals surface area contributed by atoms with Crippen molar-refractivity contribution in [1.29, 1.82) is 0 Å². The highest BCUT2D eigenvalue weighted by Gasteiger charge is 2.16. The van der Waals surface area contributed by atoms with Gasteiger partial charge in [-0.05, 0) is 37.0 Å². The second kappa shape index (κ2) is 7.22. The van der Waals surface area contributed by atoms with E-state index in [-0.39, 0.29) is 24.5 Å². The lowest BCUT2D eigenvalue weighted by Gasteiger charge is -2.24. The highest BCUT2D eigenvalue weighted by molar-refractivity contribution is 9.10. The van der Waals surface area contributed by atoms with Gasteiger partial charge in [0.2, 0.25) is 0 Å². The van der Waals surface area contributed by atoms with Crippen LogP contribution in [0.5, 0.6) is 0 Å². The van der Waals surface area contributed by atoms with Crippen molar-refractivity contribution in [2.75, 3.05) is 6.61 Å². The zero-order chi connectivity index (χ0) is 13.7. The molecule has 102 valence electrons. The summed E-state index contributed by atoms with van der Waals surface area (Å²) in [5, 5.41) is 12.7. The summed E-state index contributed by atoms with van der Waals surface area (Å²) in [7, 11) is 0. The van der Waals surface area contributed by atoms with Gasteiger partial charge in [0.15, 0.2) is 0 Å². The molecule has 0 radical (unpaired) electrons. The molecule has 2 N–H and O–H groups in total. The molecule has 0 aliphatic carbocycles. The second-order valence-electron chi connectivity index (χ2n) is 5.06. The smallest absolute Gasteiger partial charge is 0.124 e. The number of rotatable bonds is 6. The van der Waals surface area contributed by atoms with Crippen LogP contribution < -0.4 is 5.32 Å². The van der Waals surface area contributed by atoms with E-state index in [9.17, 15) is 9.50 Å². The quantitative estimate of drug-likeness (QED) is 0.839. The van der Waals surface area contributed by atoms with E-state index in [1.54, 1.807) is 6.07 Å². The number of halogens is 2. The van der Waals surface area contributed by atoms with Crippen molar-refractivity contribution in [1.82, 2.24) is 5.32 Å². The van der Waals surface area contributed by atoms with E-state index >= 15 is 0 Å². The van der Waals surface area contributed by atoms with Gasteiger partial charge in [-0.25, -0.2) is 4.39 Å². The number of hydrogen-bond acceptors (Lipinski definition) is 2. The molecule has 4 heteroatoms. The molecule has 2 atom stereocenters.